The van der Waals surface area contributed by atoms with Crippen LogP contribution in [0.1, 0.15) is 19.3 Å². The lowest BCUT2D eigenvalue weighted by Crippen LogP contribution is -2.30. The maximum Gasteiger partial charge on any atom is 0.0890 e. The van der Waals surface area contributed by atoms with Crippen LogP contribution in [0.3, 0.4) is 0 Å². The van der Waals surface area contributed by atoms with Gasteiger partial charge < -0.3 is 9.80 Å². The molecular formula is C9H16N2. The molecular weight excluding hydrogens is 136 g/mol. The van der Waals surface area contributed by atoms with E-state index in [9.17, 15) is 0 Å². The average Bonchev–Trinajstić information content (AvgIpc) is 2.27. The van der Waals surface area contributed by atoms with Gasteiger partial charge in [-0.15, -0.1) is 0 Å². The van der Waals surface area contributed by atoms with E-state index in [-0.39, 0.29) is 0 Å². The zero-order chi connectivity index (χ0) is 7.68. The van der Waals surface area contributed by atoms with E-state index in [1.54, 1.807) is 0 Å². The van der Waals surface area contributed by atoms with Gasteiger partial charge in [-0.3, -0.25) is 0 Å². The third-order valence-electron chi connectivity index (χ3n) is 2.65. The minimum atomic E-state index is 0.992. The first-order valence-corrected chi connectivity index (χ1v) is 4.47. The van der Waals surface area contributed by atoms with Crippen LogP contribution in [0.15, 0.2) is 12.4 Å². The highest BCUT2D eigenvalue weighted by Gasteiger charge is 2.20. The van der Waals surface area contributed by atoms with Gasteiger partial charge in [0.2, 0.25) is 0 Å². The van der Waals surface area contributed by atoms with Gasteiger partial charge in [-0.05, 0) is 18.8 Å². The summed E-state index contributed by atoms with van der Waals surface area (Å²) in [4.78, 5) is 4.63. The van der Waals surface area contributed by atoms with E-state index in [1.807, 2.05) is 0 Å². The van der Waals surface area contributed by atoms with Gasteiger partial charge in [-0.1, -0.05) is 6.42 Å². The summed E-state index contributed by atoms with van der Waals surface area (Å²) in [5, 5.41) is 0. The number of nitrogens with zero attached hydrogens (tertiary/aromatic N) is 2. The van der Waals surface area contributed by atoms with Crippen molar-refractivity contribution >= 4 is 0 Å². The molecule has 1 fully saturated rings. The molecule has 1 saturated carbocycles. The zero-order valence-electron chi connectivity index (χ0n) is 7.16. The Kier molecular flexibility index (Phi) is 1.76. The Hall–Kier alpha value is -0.660. The first kappa shape index (κ1) is 7.01. The highest BCUT2D eigenvalue weighted by molar-refractivity contribution is 4.90. The van der Waals surface area contributed by atoms with Gasteiger partial charge in [0.05, 0.1) is 6.67 Å². The van der Waals surface area contributed by atoms with Gasteiger partial charge in [0.15, 0.2) is 0 Å². The lowest BCUT2D eigenvalue weighted by atomic mass is 9.85. The summed E-state index contributed by atoms with van der Waals surface area (Å²) in [6, 6.07) is 0. The topological polar surface area (TPSA) is 6.48 Å². The van der Waals surface area contributed by atoms with E-state index in [2.05, 4.69) is 29.2 Å². The normalized spacial score (nSPS) is 24.5. The third kappa shape index (κ3) is 1.50. The first-order valence-electron chi connectivity index (χ1n) is 4.47. The molecule has 2 nitrogen and oxygen atoms in total. The van der Waals surface area contributed by atoms with Gasteiger partial charge in [0, 0.05) is 26.0 Å². The van der Waals surface area contributed by atoms with E-state index in [1.165, 1.54) is 25.8 Å². The van der Waals surface area contributed by atoms with Gasteiger partial charge in [0.25, 0.3) is 0 Å². The van der Waals surface area contributed by atoms with Crippen LogP contribution in [0.5, 0.6) is 0 Å². The van der Waals surface area contributed by atoms with E-state index in [0.717, 1.165) is 12.6 Å². The Morgan fingerprint density at radius 2 is 2.18 bits per heavy atom. The molecule has 0 radical (unpaired) electrons. The van der Waals surface area contributed by atoms with E-state index < -0.39 is 0 Å². The van der Waals surface area contributed by atoms with Gasteiger partial charge in [0.1, 0.15) is 0 Å². The van der Waals surface area contributed by atoms with Crippen molar-refractivity contribution in [3.05, 3.63) is 12.4 Å². The Labute approximate surface area is 68.5 Å². The highest BCUT2D eigenvalue weighted by atomic mass is 15.3. The standard InChI is InChI=1S/C9H16N2/c1-10-5-6-11(8-10)7-9-3-2-4-9/h5-6,9H,2-4,7-8H2,1H3. The molecule has 1 aliphatic heterocycles. The molecule has 0 spiro atoms. The Morgan fingerprint density at radius 3 is 2.64 bits per heavy atom. The molecule has 1 heterocycles. The molecule has 0 N–H and O–H groups in total. The zero-order valence-corrected chi connectivity index (χ0v) is 7.16. The van der Waals surface area contributed by atoms with Crippen LogP contribution in [0.4, 0.5) is 0 Å². The van der Waals surface area contributed by atoms with Gasteiger partial charge in [-0.25, -0.2) is 0 Å². The smallest absolute Gasteiger partial charge is 0.0890 e. The summed E-state index contributed by atoms with van der Waals surface area (Å²) in [6.45, 7) is 2.37. The molecule has 2 aliphatic rings. The van der Waals surface area contributed by atoms with Crippen LogP contribution in [0.2, 0.25) is 0 Å². The van der Waals surface area contributed by atoms with Crippen molar-refractivity contribution < 1.29 is 0 Å². The molecule has 0 atom stereocenters. The van der Waals surface area contributed by atoms with Crippen LogP contribution in [0, 0.1) is 5.92 Å². The Morgan fingerprint density at radius 1 is 1.36 bits per heavy atom. The van der Waals surface area contributed by atoms with Crippen molar-refractivity contribution in [2.75, 3.05) is 20.3 Å². The van der Waals surface area contributed by atoms with Crippen LogP contribution in [0.25, 0.3) is 0 Å². The number of rotatable bonds is 2. The largest absolute Gasteiger partial charge is 0.362 e. The van der Waals surface area contributed by atoms with E-state index >= 15 is 0 Å². The van der Waals surface area contributed by atoms with Crippen molar-refractivity contribution in [2.45, 2.75) is 19.3 Å². The molecule has 0 aromatic rings. The van der Waals surface area contributed by atoms with Gasteiger partial charge >= 0.3 is 0 Å². The van der Waals surface area contributed by atoms with Crippen LogP contribution in [-0.2, 0) is 0 Å². The van der Waals surface area contributed by atoms with Crippen molar-refractivity contribution in [1.29, 1.82) is 0 Å². The fraction of sp³-hybridized carbons (Fsp3) is 0.778. The first-order chi connectivity index (χ1) is 5.34. The molecule has 0 unspecified atom stereocenters. The lowest BCUT2D eigenvalue weighted by molar-refractivity contribution is 0.201. The highest BCUT2D eigenvalue weighted by Crippen LogP contribution is 2.27. The second-order valence-corrected chi connectivity index (χ2v) is 3.76. The summed E-state index contributed by atoms with van der Waals surface area (Å²) in [5.41, 5.74) is 0. The van der Waals surface area contributed by atoms with Crippen LogP contribution in [-0.4, -0.2) is 30.1 Å². The molecule has 0 bridgehead atoms. The van der Waals surface area contributed by atoms with Gasteiger partial charge in [-0.2, -0.15) is 0 Å². The molecule has 0 amide bonds. The predicted molar refractivity (Wildman–Crippen MR) is 45.8 cm³/mol. The summed E-state index contributed by atoms with van der Waals surface area (Å²) in [6.07, 6.45) is 8.72. The van der Waals surface area contributed by atoms with Crippen LogP contribution < -0.4 is 0 Å². The van der Waals surface area contributed by atoms with E-state index in [0.29, 0.717) is 0 Å². The molecule has 0 saturated heterocycles. The maximum atomic E-state index is 2.41. The quantitative estimate of drug-likeness (QED) is 0.591. The third-order valence-corrected chi connectivity index (χ3v) is 2.65. The molecule has 11 heavy (non-hydrogen) atoms. The minimum absolute atomic E-state index is 0.992. The fourth-order valence-corrected chi connectivity index (χ4v) is 1.71. The molecule has 0 aromatic heterocycles. The van der Waals surface area contributed by atoms with Crippen molar-refractivity contribution in [3.8, 4) is 0 Å². The number of hydrogen-bond acceptors (Lipinski definition) is 2. The summed E-state index contributed by atoms with van der Waals surface area (Å²) < 4.78 is 0. The Bertz CT molecular complexity index is 161. The summed E-state index contributed by atoms with van der Waals surface area (Å²) in [5.74, 6) is 0.992. The lowest BCUT2D eigenvalue weighted by Gasteiger charge is -2.30. The Balaban J connectivity index is 1.74. The minimum Gasteiger partial charge on any atom is -0.362 e. The second-order valence-electron chi connectivity index (χ2n) is 3.76. The summed E-state index contributed by atoms with van der Waals surface area (Å²) >= 11 is 0. The molecule has 2 rings (SSSR count). The fourth-order valence-electron chi connectivity index (χ4n) is 1.71. The summed E-state index contributed by atoms with van der Waals surface area (Å²) in [7, 11) is 2.12. The van der Waals surface area contributed by atoms with Crippen molar-refractivity contribution in [1.82, 2.24) is 9.80 Å². The average molecular weight is 152 g/mol. The molecule has 62 valence electrons. The molecule has 2 heteroatoms. The van der Waals surface area contributed by atoms with E-state index in [4.69, 9.17) is 0 Å². The second kappa shape index (κ2) is 2.76. The monoisotopic (exact) mass is 152 g/mol. The maximum absolute atomic E-state index is 2.41. The predicted octanol–water partition coefficient (Wildman–Crippen LogP) is 1.46. The number of hydrogen-bond donors (Lipinski definition) is 0. The molecule has 0 aromatic carbocycles. The van der Waals surface area contributed by atoms with Crippen LogP contribution >= 0.6 is 0 Å². The molecule has 1 aliphatic carbocycles. The van der Waals surface area contributed by atoms with Crippen molar-refractivity contribution in [3.63, 3.8) is 0 Å². The van der Waals surface area contributed by atoms with Crippen molar-refractivity contribution in [2.24, 2.45) is 5.92 Å². The SMILES string of the molecule is CN1C=CN(CC2CCC2)C1.